The number of rotatable bonds is 6. The fourth-order valence-corrected chi connectivity index (χ4v) is 1.94. The van der Waals surface area contributed by atoms with Crippen molar-refractivity contribution in [3.8, 4) is 0 Å². The smallest absolute Gasteiger partial charge is 0.312 e. The third-order valence-electron chi connectivity index (χ3n) is 2.34. The Hall–Kier alpha value is -1.76. The summed E-state index contributed by atoms with van der Waals surface area (Å²) in [6.45, 7) is 0. The minimum atomic E-state index is -0.763. The van der Waals surface area contributed by atoms with E-state index in [2.05, 4.69) is 10.6 Å². The van der Waals surface area contributed by atoms with Crippen molar-refractivity contribution in [2.75, 3.05) is 17.3 Å². The van der Waals surface area contributed by atoms with Gasteiger partial charge in [-0.2, -0.15) is 11.8 Å². The number of benzene rings is 1. The molecule has 1 aromatic rings. The maximum absolute atomic E-state index is 13.0. The van der Waals surface area contributed by atoms with E-state index in [-0.39, 0.29) is 0 Å². The molecule has 0 heterocycles. The highest BCUT2D eigenvalue weighted by molar-refractivity contribution is 7.98. The van der Waals surface area contributed by atoms with Crippen LogP contribution in [0, 0.1) is 5.82 Å². The van der Waals surface area contributed by atoms with Crippen LogP contribution in [0.2, 0.25) is 0 Å². The van der Waals surface area contributed by atoms with Crippen LogP contribution < -0.4 is 16.4 Å². The van der Waals surface area contributed by atoms with Gasteiger partial charge < -0.3 is 16.4 Å². The number of amides is 3. The monoisotopic (exact) mass is 285 g/mol. The summed E-state index contributed by atoms with van der Waals surface area (Å²) in [6.07, 6.45) is 2.34. The molecule has 0 aromatic heterocycles. The molecule has 0 saturated carbocycles. The molecule has 0 fully saturated rings. The van der Waals surface area contributed by atoms with Crippen LogP contribution in [-0.4, -0.2) is 30.0 Å². The van der Waals surface area contributed by atoms with Crippen LogP contribution in [0.1, 0.15) is 6.42 Å². The number of thioether (sulfide) groups is 1. The molecule has 0 radical (unpaired) electrons. The SMILES string of the molecule is CSCC[C@@H](NC(N)=O)C(=O)Nc1cccc(F)c1. The van der Waals surface area contributed by atoms with Crippen LogP contribution in [-0.2, 0) is 4.79 Å². The van der Waals surface area contributed by atoms with Gasteiger partial charge in [0.05, 0.1) is 0 Å². The maximum atomic E-state index is 13.0. The van der Waals surface area contributed by atoms with E-state index in [4.69, 9.17) is 5.73 Å². The van der Waals surface area contributed by atoms with Crippen LogP contribution in [0.15, 0.2) is 24.3 Å². The lowest BCUT2D eigenvalue weighted by Crippen LogP contribution is -2.46. The first-order valence-corrected chi connectivity index (χ1v) is 7.03. The van der Waals surface area contributed by atoms with E-state index in [1.54, 1.807) is 17.8 Å². The molecular weight excluding hydrogens is 269 g/mol. The van der Waals surface area contributed by atoms with Gasteiger partial charge in [-0.3, -0.25) is 4.79 Å². The second kappa shape index (κ2) is 7.63. The standard InChI is InChI=1S/C12H16FN3O2S/c1-19-6-5-10(16-12(14)18)11(17)15-9-4-2-3-8(13)7-9/h2-4,7,10H,5-6H2,1H3,(H,15,17)(H3,14,16,18)/t10-/m1/s1. The quantitative estimate of drug-likeness (QED) is 0.741. The number of nitrogens with one attached hydrogen (secondary N) is 2. The molecule has 5 nitrogen and oxygen atoms in total. The normalized spacial score (nSPS) is 11.7. The lowest BCUT2D eigenvalue weighted by molar-refractivity contribution is -0.117. The average molecular weight is 285 g/mol. The van der Waals surface area contributed by atoms with Crippen molar-refractivity contribution in [1.82, 2.24) is 5.32 Å². The van der Waals surface area contributed by atoms with E-state index in [0.717, 1.165) is 0 Å². The molecule has 104 valence electrons. The molecule has 4 N–H and O–H groups in total. The number of halogens is 1. The van der Waals surface area contributed by atoms with E-state index < -0.39 is 23.8 Å². The summed E-state index contributed by atoms with van der Waals surface area (Å²) in [5, 5.41) is 4.91. The fraction of sp³-hybridized carbons (Fsp3) is 0.333. The van der Waals surface area contributed by atoms with Crippen molar-refractivity contribution < 1.29 is 14.0 Å². The Labute approximate surface area is 115 Å². The molecule has 0 saturated heterocycles. The molecule has 1 atom stereocenters. The Morgan fingerprint density at radius 2 is 2.21 bits per heavy atom. The molecule has 0 unspecified atom stereocenters. The van der Waals surface area contributed by atoms with Gasteiger partial charge in [-0.15, -0.1) is 0 Å². The lowest BCUT2D eigenvalue weighted by Gasteiger charge is -2.16. The van der Waals surface area contributed by atoms with E-state index in [1.807, 2.05) is 6.26 Å². The summed E-state index contributed by atoms with van der Waals surface area (Å²) < 4.78 is 13.0. The predicted octanol–water partition coefficient (Wildman–Crippen LogP) is 1.55. The third-order valence-corrected chi connectivity index (χ3v) is 2.98. The molecule has 0 bridgehead atoms. The number of hydrogen-bond acceptors (Lipinski definition) is 3. The van der Waals surface area contributed by atoms with Crippen molar-refractivity contribution in [3.63, 3.8) is 0 Å². The summed E-state index contributed by atoms with van der Waals surface area (Å²) in [4.78, 5) is 22.8. The first-order chi connectivity index (χ1) is 9.02. The van der Waals surface area contributed by atoms with Gasteiger partial charge in [0.1, 0.15) is 11.9 Å². The number of hydrogen-bond donors (Lipinski definition) is 3. The van der Waals surface area contributed by atoms with Crippen LogP contribution in [0.3, 0.4) is 0 Å². The Kier molecular flexibility index (Phi) is 6.14. The van der Waals surface area contributed by atoms with Gasteiger partial charge in [0.2, 0.25) is 5.91 Å². The molecule has 1 rings (SSSR count). The van der Waals surface area contributed by atoms with Gasteiger partial charge in [-0.05, 0) is 36.6 Å². The molecule has 3 amide bonds. The summed E-state index contributed by atoms with van der Waals surface area (Å²) >= 11 is 1.55. The number of primary amides is 1. The van der Waals surface area contributed by atoms with Crippen molar-refractivity contribution >= 4 is 29.4 Å². The minimum absolute atomic E-state index is 0.338. The van der Waals surface area contributed by atoms with Crippen LogP contribution in [0.5, 0.6) is 0 Å². The minimum Gasteiger partial charge on any atom is -0.352 e. The fourth-order valence-electron chi connectivity index (χ4n) is 1.47. The molecule has 1 aromatic carbocycles. The van der Waals surface area contributed by atoms with E-state index in [0.29, 0.717) is 17.9 Å². The molecule has 19 heavy (non-hydrogen) atoms. The lowest BCUT2D eigenvalue weighted by atomic mass is 10.2. The highest BCUT2D eigenvalue weighted by atomic mass is 32.2. The van der Waals surface area contributed by atoms with Gasteiger partial charge >= 0.3 is 6.03 Å². The third kappa shape index (κ3) is 5.60. The number of carbonyl (C=O) groups excluding carboxylic acids is 2. The summed E-state index contributed by atoms with van der Waals surface area (Å²) in [5.74, 6) is -0.165. The van der Waals surface area contributed by atoms with Gasteiger partial charge in [-0.1, -0.05) is 6.07 Å². The zero-order chi connectivity index (χ0) is 14.3. The first-order valence-electron chi connectivity index (χ1n) is 5.64. The molecule has 0 aliphatic heterocycles. The molecule has 0 spiro atoms. The van der Waals surface area contributed by atoms with Gasteiger partial charge in [0, 0.05) is 5.69 Å². The zero-order valence-corrected chi connectivity index (χ0v) is 11.3. The topological polar surface area (TPSA) is 84.2 Å². The molecular formula is C12H16FN3O2S. The molecule has 0 aliphatic rings. The van der Waals surface area contributed by atoms with E-state index >= 15 is 0 Å². The maximum Gasteiger partial charge on any atom is 0.312 e. The highest BCUT2D eigenvalue weighted by Gasteiger charge is 2.19. The van der Waals surface area contributed by atoms with Gasteiger partial charge in [0.15, 0.2) is 0 Å². The van der Waals surface area contributed by atoms with Gasteiger partial charge in [-0.25, -0.2) is 9.18 Å². The highest BCUT2D eigenvalue weighted by Crippen LogP contribution is 2.10. The number of urea groups is 1. The Bertz CT molecular complexity index is 456. The Balaban J connectivity index is 2.67. The Morgan fingerprint density at radius 1 is 1.47 bits per heavy atom. The zero-order valence-electron chi connectivity index (χ0n) is 10.5. The molecule has 0 aliphatic carbocycles. The van der Waals surface area contributed by atoms with Crippen molar-refractivity contribution in [2.24, 2.45) is 5.73 Å². The average Bonchev–Trinajstić information content (AvgIpc) is 2.34. The number of carbonyl (C=O) groups is 2. The largest absolute Gasteiger partial charge is 0.352 e. The summed E-state index contributed by atoms with van der Waals surface area (Å²) in [7, 11) is 0. The number of nitrogens with two attached hydrogens (primary N) is 1. The van der Waals surface area contributed by atoms with Crippen molar-refractivity contribution in [1.29, 1.82) is 0 Å². The predicted molar refractivity (Wildman–Crippen MR) is 74.5 cm³/mol. The first kappa shape index (κ1) is 15.3. The Morgan fingerprint density at radius 3 is 2.79 bits per heavy atom. The van der Waals surface area contributed by atoms with E-state index in [1.165, 1.54) is 18.2 Å². The van der Waals surface area contributed by atoms with E-state index in [9.17, 15) is 14.0 Å². The van der Waals surface area contributed by atoms with Crippen LogP contribution in [0.25, 0.3) is 0 Å². The number of anilines is 1. The van der Waals surface area contributed by atoms with Crippen molar-refractivity contribution in [3.05, 3.63) is 30.1 Å². The molecule has 7 heteroatoms. The van der Waals surface area contributed by atoms with Gasteiger partial charge in [0.25, 0.3) is 0 Å². The second-order valence-electron chi connectivity index (χ2n) is 3.84. The van der Waals surface area contributed by atoms with Crippen LogP contribution in [0.4, 0.5) is 14.9 Å². The second-order valence-corrected chi connectivity index (χ2v) is 4.83. The van der Waals surface area contributed by atoms with Crippen LogP contribution >= 0.6 is 11.8 Å². The summed E-state index contributed by atoms with van der Waals surface area (Å²) in [5.41, 5.74) is 5.36. The van der Waals surface area contributed by atoms with Crippen molar-refractivity contribution in [2.45, 2.75) is 12.5 Å². The summed E-state index contributed by atoms with van der Waals surface area (Å²) in [6, 6.07) is 4.05.